The van der Waals surface area contributed by atoms with E-state index in [2.05, 4.69) is 10.5 Å². The molecule has 0 saturated heterocycles. The first kappa shape index (κ1) is 16.9. The number of nitrogens with zero attached hydrogens (tertiary/aromatic N) is 2. The summed E-state index contributed by atoms with van der Waals surface area (Å²) in [5.74, 6) is 0. The molecular formula is C13H11ClN4O4S. The first-order valence-electron chi connectivity index (χ1n) is 6.13. The van der Waals surface area contributed by atoms with Crippen molar-refractivity contribution in [2.75, 3.05) is 5.43 Å². The standard InChI is InChI=1S/C13H11ClN4O4S/c14-10-3-1-9(2-4-10)8-16-17-12-6-5-11(23(15,21)22)7-13(12)18(19)20/h1-8,17H,(H2,15,21,22)/b16-8+. The van der Waals surface area contributed by atoms with Crippen molar-refractivity contribution in [2.45, 2.75) is 4.90 Å². The lowest BCUT2D eigenvalue weighted by Crippen LogP contribution is -2.12. The number of nitrogens with two attached hydrogens (primary N) is 1. The Kier molecular flexibility index (Phi) is 4.94. The summed E-state index contributed by atoms with van der Waals surface area (Å²) in [6.07, 6.45) is 1.44. The first-order valence-corrected chi connectivity index (χ1v) is 8.06. The number of hydrogen-bond donors (Lipinski definition) is 2. The number of anilines is 1. The van der Waals surface area contributed by atoms with Gasteiger partial charge in [0.1, 0.15) is 5.69 Å². The lowest BCUT2D eigenvalue weighted by molar-refractivity contribution is -0.384. The highest BCUT2D eigenvalue weighted by Crippen LogP contribution is 2.27. The summed E-state index contributed by atoms with van der Waals surface area (Å²) < 4.78 is 22.5. The highest BCUT2D eigenvalue weighted by Gasteiger charge is 2.18. The molecule has 3 N–H and O–H groups in total. The van der Waals surface area contributed by atoms with Gasteiger partial charge in [-0.05, 0) is 29.8 Å². The Morgan fingerprint density at radius 2 is 1.87 bits per heavy atom. The number of primary sulfonamides is 1. The number of sulfonamides is 1. The zero-order valence-corrected chi connectivity index (χ0v) is 13.1. The van der Waals surface area contributed by atoms with Crippen LogP contribution in [0.4, 0.5) is 11.4 Å². The predicted octanol–water partition coefficient (Wildman–Crippen LogP) is 2.34. The Bertz CT molecular complexity index is 866. The Balaban J connectivity index is 2.25. The van der Waals surface area contributed by atoms with Gasteiger partial charge < -0.3 is 0 Å². The molecule has 0 amide bonds. The van der Waals surface area contributed by atoms with Gasteiger partial charge >= 0.3 is 0 Å². The van der Waals surface area contributed by atoms with Gasteiger partial charge in [-0.3, -0.25) is 15.5 Å². The summed E-state index contributed by atoms with van der Waals surface area (Å²) in [4.78, 5) is 9.96. The topological polar surface area (TPSA) is 128 Å². The molecule has 0 atom stereocenters. The molecule has 0 aromatic heterocycles. The number of hydrazone groups is 1. The van der Waals surface area contributed by atoms with E-state index in [1.807, 2.05) is 0 Å². The maximum absolute atomic E-state index is 11.2. The lowest BCUT2D eigenvalue weighted by atomic mass is 10.2. The van der Waals surface area contributed by atoms with Gasteiger partial charge in [0.15, 0.2) is 0 Å². The third-order valence-corrected chi connectivity index (χ3v) is 3.93. The molecule has 2 aromatic carbocycles. The van der Waals surface area contributed by atoms with E-state index in [0.717, 1.165) is 17.7 Å². The van der Waals surface area contributed by atoms with Gasteiger partial charge in [-0.25, -0.2) is 13.6 Å². The van der Waals surface area contributed by atoms with Crippen molar-refractivity contribution in [1.82, 2.24) is 0 Å². The molecule has 0 fully saturated rings. The van der Waals surface area contributed by atoms with Crippen LogP contribution in [0.1, 0.15) is 5.56 Å². The lowest BCUT2D eigenvalue weighted by Gasteiger charge is -2.04. The van der Waals surface area contributed by atoms with Gasteiger partial charge in [0.2, 0.25) is 10.0 Å². The van der Waals surface area contributed by atoms with Crippen LogP contribution in [0.2, 0.25) is 5.02 Å². The monoisotopic (exact) mass is 354 g/mol. The largest absolute Gasteiger partial charge is 0.295 e. The molecule has 0 radical (unpaired) electrons. The Labute approximate surface area is 136 Å². The molecule has 0 heterocycles. The van der Waals surface area contributed by atoms with Crippen LogP contribution in [-0.2, 0) is 10.0 Å². The van der Waals surface area contributed by atoms with Gasteiger partial charge in [0.05, 0.1) is 16.0 Å². The van der Waals surface area contributed by atoms with Crippen molar-refractivity contribution >= 4 is 39.2 Å². The highest BCUT2D eigenvalue weighted by molar-refractivity contribution is 7.89. The smallest absolute Gasteiger partial charge is 0.272 e. The minimum absolute atomic E-state index is 0.0348. The van der Waals surface area contributed by atoms with Crippen LogP contribution < -0.4 is 10.6 Å². The Morgan fingerprint density at radius 3 is 2.43 bits per heavy atom. The van der Waals surface area contributed by atoms with E-state index < -0.39 is 20.6 Å². The van der Waals surface area contributed by atoms with Crippen LogP contribution in [0.3, 0.4) is 0 Å². The summed E-state index contributed by atoms with van der Waals surface area (Å²) in [5.41, 5.74) is 2.80. The normalized spacial score (nSPS) is 11.6. The van der Waals surface area contributed by atoms with Crippen LogP contribution >= 0.6 is 11.6 Å². The number of rotatable bonds is 5. The molecule has 8 nitrogen and oxygen atoms in total. The third-order valence-electron chi connectivity index (χ3n) is 2.76. The molecule has 120 valence electrons. The van der Waals surface area contributed by atoms with E-state index in [9.17, 15) is 18.5 Å². The second kappa shape index (κ2) is 6.73. The van der Waals surface area contributed by atoms with Gasteiger partial charge in [-0.2, -0.15) is 5.10 Å². The molecule has 0 aliphatic carbocycles. The van der Waals surface area contributed by atoms with E-state index in [4.69, 9.17) is 16.7 Å². The molecule has 0 unspecified atom stereocenters. The second-order valence-electron chi connectivity index (χ2n) is 4.40. The molecule has 0 aliphatic heterocycles. The summed E-state index contributed by atoms with van der Waals surface area (Å²) in [6.45, 7) is 0. The zero-order valence-electron chi connectivity index (χ0n) is 11.5. The van der Waals surface area contributed by atoms with E-state index in [-0.39, 0.29) is 10.6 Å². The van der Waals surface area contributed by atoms with Crippen molar-refractivity contribution in [1.29, 1.82) is 0 Å². The number of nitro benzene ring substituents is 1. The van der Waals surface area contributed by atoms with Crippen LogP contribution in [0.15, 0.2) is 52.5 Å². The number of halogens is 1. The fraction of sp³-hybridized carbons (Fsp3) is 0. The molecule has 2 aromatic rings. The van der Waals surface area contributed by atoms with Crippen molar-refractivity contribution in [3.8, 4) is 0 Å². The fourth-order valence-electron chi connectivity index (χ4n) is 1.66. The van der Waals surface area contributed by atoms with Gasteiger partial charge in [-0.15, -0.1) is 0 Å². The average molecular weight is 355 g/mol. The maximum Gasteiger partial charge on any atom is 0.295 e. The zero-order chi connectivity index (χ0) is 17.0. The minimum Gasteiger partial charge on any atom is -0.272 e. The SMILES string of the molecule is NS(=O)(=O)c1ccc(N/N=C/c2ccc(Cl)cc2)c([N+](=O)[O-])c1. The fourth-order valence-corrected chi connectivity index (χ4v) is 2.32. The number of nitrogens with one attached hydrogen (secondary N) is 1. The second-order valence-corrected chi connectivity index (χ2v) is 6.40. The Morgan fingerprint density at radius 1 is 1.22 bits per heavy atom. The van der Waals surface area contributed by atoms with Crippen molar-refractivity contribution in [3.05, 3.63) is 63.2 Å². The summed E-state index contributed by atoms with van der Waals surface area (Å²) in [7, 11) is -4.03. The number of hydrogen-bond acceptors (Lipinski definition) is 6. The molecule has 10 heteroatoms. The van der Waals surface area contributed by atoms with E-state index in [1.165, 1.54) is 12.3 Å². The highest BCUT2D eigenvalue weighted by atomic mass is 35.5. The third kappa shape index (κ3) is 4.49. The van der Waals surface area contributed by atoms with Crippen molar-refractivity contribution < 1.29 is 13.3 Å². The molecular weight excluding hydrogens is 344 g/mol. The summed E-state index contributed by atoms with van der Waals surface area (Å²) in [6, 6.07) is 10.0. The van der Waals surface area contributed by atoms with E-state index in [0.29, 0.717) is 5.02 Å². The number of benzene rings is 2. The molecule has 0 saturated carbocycles. The van der Waals surface area contributed by atoms with Gasteiger partial charge in [0, 0.05) is 11.1 Å². The first-order chi connectivity index (χ1) is 10.8. The van der Waals surface area contributed by atoms with Crippen LogP contribution in [0.5, 0.6) is 0 Å². The van der Waals surface area contributed by atoms with Gasteiger partial charge in [-0.1, -0.05) is 23.7 Å². The summed E-state index contributed by atoms with van der Waals surface area (Å²) >= 11 is 5.75. The molecule has 0 bridgehead atoms. The molecule has 0 spiro atoms. The van der Waals surface area contributed by atoms with Gasteiger partial charge in [0.25, 0.3) is 5.69 Å². The average Bonchev–Trinajstić information content (AvgIpc) is 2.48. The predicted molar refractivity (Wildman–Crippen MR) is 87.1 cm³/mol. The van der Waals surface area contributed by atoms with Crippen molar-refractivity contribution in [3.63, 3.8) is 0 Å². The van der Waals surface area contributed by atoms with E-state index in [1.54, 1.807) is 24.3 Å². The summed E-state index contributed by atoms with van der Waals surface area (Å²) in [5, 5.41) is 20.4. The quantitative estimate of drug-likeness (QED) is 0.484. The molecule has 2 rings (SSSR count). The molecule has 0 aliphatic rings. The Hall–Kier alpha value is -2.49. The maximum atomic E-state index is 11.2. The van der Waals surface area contributed by atoms with Crippen LogP contribution in [0, 0.1) is 10.1 Å². The van der Waals surface area contributed by atoms with Crippen molar-refractivity contribution in [2.24, 2.45) is 10.2 Å². The molecule has 23 heavy (non-hydrogen) atoms. The number of nitro groups is 1. The minimum atomic E-state index is -4.03. The van der Waals surface area contributed by atoms with E-state index >= 15 is 0 Å². The van der Waals surface area contributed by atoms with Crippen LogP contribution in [0.25, 0.3) is 0 Å². The van der Waals surface area contributed by atoms with Crippen LogP contribution in [-0.4, -0.2) is 19.6 Å².